The summed E-state index contributed by atoms with van der Waals surface area (Å²) in [6, 6.07) is 14.2. The number of hydrogen-bond acceptors (Lipinski definition) is 7. The maximum Gasteiger partial charge on any atom is 0.255 e. The van der Waals surface area contributed by atoms with E-state index in [1.807, 2.05) is 36.4 Å². The van der Waals surface area contributed by atoms with E-state index in [2.05, 4.69) is 5.32 Å². The number of carbonyl (C=O) groups is 3. The molecule has 1 fully saturated rings. The van der Waals surface area contributed by atoms with Gasteiger partial charge in [0.15, 0.2) is 0 Å². The molecule has 9 nitrogen and oxygen atoms in total. The van der Waals surface area contributed by atoms with E-state index in [-0.39, 0.29) is 24.8 Å². The van der Waals surface area contributed by atoms with Gasteiger partial charge in [-0.05, 0) is 47.4 Å². The third-order valence-corrected chi connectivity index (χ3v) is 6.16. The SMILES string of the molecule is N/C(=C\N(N)c1ccc2c(c1)CN(C1CCC(=O)NC1=O)C2=O)c1ccc(-c2ccoc2)cc1. The molecular weight excluding hydrogens is 434 g/mol. The number of fused-ring (bicyclic) bond motifs is 1. The van der Waals surface area contributed by atoms with E-state index >= 15 is 0 Å². The van der Waals surface area contributed by atoms with Crippen molar-refractivity contribution in [2.75, 3.05) is 5.01 Å². The van der Waals surface area contributed by atoms with Gasteiger partial charge in [-0.25, -0.2) is 5.84 Å². The molecule has 3 aromatic rings. The standard InChI is InChI=1S/C25H23N5O4/c26-21(16-3-1-15(2-4-16)17-9-10-34-14-17)13-30(27)19-5-6-20-18(11-19)12-29(25(20)33)22-7-8-23(31)28-24(22)32/h1-6,9-11,13-14,22H,7-8,12,26-27H2,(H,28,31,32)/b21-13-. The fourth-order valence-electron chi connectivity index (χ4n) is 4.30. The van der Waals surface area contributed by atoms with Gasteiger partial charge in [0.05, 0.1) is 23.9 Å². The number of anilines is 1. The highest BCUT2D eigenvalue weighted by molar-refractivity contribution is 6.05. The van der Waals surface area contributed by atoms with E-state index in [0.29, 0.717) is 23.4 Å². The second kappa shape index (κ2) is 8.53. The van der Waals surface area contributed by atoms with Crippen molar-refractivity contribution in [2.24, 2.45) is 11.6 Å². The lowest BCUT2D eigenvalue weighted by atomic mass is 10.0. The van der Waals surface area contributed by atoms with Gasteiger partial charge in [-0.2, -0.15) is 0 Å². The maximum absolute atomic E-state index is 12.9. The Kier molecular flexibility index (Phi) is 5.39. The van der Waals surface area contributed by atoms with E-state index in [1.54, 1.807) is 30.9 Å². The summed E-state index contributed by atoms with van der Waals surface area (Å²) in [7, 11) is 0. The number of hydrazine groups is 1. The number of rotatable bonds is 5. The van der Waals surface area contributed by atoms with Gasteiger partial charge in [-0.1, -0.05) is 24.3 Å². The highest BCUT2D eigenvalue weighted by atomic mass is 16.3. The number of piperidine rings is 1. The lowest BCUT2D eigenvalue weighted by molar-refractivity contribution is -0.136. The number of imide groups is 1. The first-order valence-corrected chi connectivity index (χ1v) is 10.8. The fraction of sp³-hybridized carbons (Fsp3) is 0.160. The molecule has 1 atom stereocenters. The molecule has 0 saturated carbocycles. The summed E-state index contributed by atoms with van der Waals surface area (Å²) in [5.41, 5.74) is 11.5. The van der Waals surface area contributed by atoms with Crippen LogP contribution in [0.15, 0.2) is 71.7 Å². The summed E-state index contributed by atoms with van der Waals surface area (Å²) in [6.45, 7) is 0.275. The largest absolute Gasteiger partial charge is 0.472 e. The monoisotopic (exact) mass is 457 g/mol. The van der Waals surface area contributed by atoms with Gasteiger partial charge in [0.1, 0.15) is 6.04 Å². The third kappa shape index (κ3) is 3.93. The van der Waals surface area contributed by atoms with Gasteiger partial charge >= 0.3 is 0 Å². The minimum Gasteiger partial charge on any atom is -0.472 e. The van der Waals surface area contributed by atoms with Crippen LogP contribution in [0.5, 0.6) is 0 Å². The van der Waals surface area contributed by atoms with Gasteiger partial charge in [-0.15, -0.1) is 0 Å². The summed E-state index contributed by atoms with van der Waals surface area (Å²) in [6.07, 6.45) is 5.45. The van der Waals surface area contributed by atoms with Crippen LogP contribution in [0.3, 0.4) is 0 Å². The zero-order chi connectivity index (χ0) is 23.8. The van der Waals surface area contributed by atoms with Gasteiger partial charge in [0.25, 0.3) is 5.91 Å². The van der Waals surface area contributed by atoms with Crippen molar-refractivity contribution in [3.05, 3.63) is 83.9 Å². The number of nitrogens with zero attached hydrogens (tertiary/aromatic N) is 2. The summed E-state index contributed by atoms with van der Waals surface area (Å²) >= 11 is 0. The molecule has 0 spiro atoms. The van der Waals surface area contributed by atoms with Crippen LogP contribution >= 0.6 is 0 Å². The molecule has 3 amide bonds. The molecule has 1 aromatic heterocycles. The van der Waals surface area contributed by atoms with E-state index < -0.39 is 11.9 Å². The second-order valence-electron chi connectivity index (χ2n) is 8.32. The van der Waals surface area contributed by atoms with Crippen LogP contribution in [0, 0.1) is 0 Å². The van der Waals surface area contributed by atoms with E-state index in [0.717, 1.165) is 22.3 Å². The van der Waals surface area contributed by atoms with Crippen LogP contribution in [-0.4, -0.2) is 28.7 Å². The Bertz CT molecular complexity index is 1300. The minimum atomic E-state index is -0.657. The van der Waals surface area contributed by atoms with Crippen LogP contribution in [0.25, 0.3) is 16.8 Å². The molecule has 5 N–H and O–H groups in total. The van der Waals surface area contributed by atoms with Crippen molar-refractivity contribution >= 4 is 29.1 Å². The molecule has 0 aliphatic carbocycles. The van der Waals surface area contributed by atoms with Crippen molar-refractivity contribution in [3.63, 3.8) is 0 Å². The number of amides is 3. The average molecular weight is 457 g/mol. The van der Waals surface area contributed by atoms with Crippen LogP contribution in [0.1, 0.15) is 34.3 Å². The molecule has 0 bridgehead atoms. The number of hydrogen-bond donors (Lipinski definition) is 3. The zero-order valence-electron chi connectivity index (χ0n) is 18.2. The molecule has 5 rings (SSSR count). The predicted molar refractivity (Wildman–Crippen MR) is 125 cm³/mol. The molecular formula is C25H23N5O4. The number of carbonyl (C=O) groups excluding carboxylic acids is 3. The van der Waals surface area contributed by atoms with Gasteiger partial charge < -0.3 is 15.1 Å². The molecule has 9 heteroatoms. The maximum atomic E-state index is 12.9. The number of nitrogens with one attached hydrogen (secondary N) is 1. The molecule has 2 aliphatic rings. The number of nitrogens with two attached hydrogens (primary N) is 2. The molecule has 3 heterocycles. The summed E-state index contributed by atoms with van der Waals surface area (Å²) in [4.78, 5) is 38.0. The molecule has 2 aromatic carbocycles. The summed E-state index contributed by atoms with van der Waals surface area (Å²) in [5, 5.41) is 3.71. The van der Waals surface area contributed by atoms with E-state index in [1.165, 1.54) is 9.91 Å². The lowest BCUT2D eigenvalue weighted by Crippen LogP contribution is -2.52. The van der Waals surface area contributed by atoms with Crippen molar-refractivity contribution in [2.45, 2.75) is 25.4 Å². The van der Waals surface area contributed by atoms with Gasteiger partial charge in [0, 0.05) is 30.3 Å². The highest BCUT2D eigenvalue weighted by Crippen LogP contribution is 2.30. The topological polar surface area (TPSA) is 135 Å². The third-order valence-electron chi connectivity index (χ3n) is 6.16. The van der Waals surface area contributed by atoms with Crippen LogP contribution < -0.4 is 21.9 Å². The first-order valence-electron chi connectivity index (χ1n) is 10.8. The summed E-state index contributed by atoms with van der Waals surface area (Å²) in [5.74, 6) is 5.27. The molecule has 2 aliphatic heterocycles. The molecule has 1 saturated heterocycles. The number of benzene rings is 2. The lowest BCUT2D eigenvalue weighted by Gasteiger charge is -2.29. The second-order valence-corrected chi connectivity index (χ2v) is 8.32. The van der Waals surface area contributed by atoms with E-state index in [4.69, 9.17) is 16.0 Å². The Hall–Kier alpha value is -4.37. The van der Waals surface area contributed by atoms with Crippen molar-refractivity contribution < 1.29 is 18.8 Å². The van der Waals surface area contributed by atoms with Crippen molar-refractivity contribution in [1.82, 2.24) is 10.2 Å². The van der Waals surface area contributed by atoms with E-state index in [9.17, 15) is 14.4 Å². The predicted octanol–water partition coefficient (Wildman–Crippen LogP) is 2.34. The Morgan fingerprint density at radius 1 is 1.09 bits per heavy atom. The molecule has 0 radical (unpaired) electrons. The van der Waals surface area contributed by atoms with Crippen LogP contribution in [0.4, 0.5) is 5.69 Å². The Balaban J connectivity index is 1.32. The fourth-order valence-corrected chi connectivity index (χ4v) is 4.30. The summed E-state index contributed by atoms with van der Waals surface area (Å²) < 4.78 is 5.12. The first kappa shape index (κ1) is 21.5. The average Bonchev–Trinajstić information content (AvgIpc) is 3.48. The van der Waals surface area contributed by atoms with Crippen molar-refractivity contribution in [1.29, 1.82) is 0 Å². The molecule has 34 heavy (non-hydrogen) atoms. The molecule has 172 valence electrons. The minimum absolute atomic E-state index is 0.214. The van der Waals surface area contributed by atoms with Crippen LogP contribution in [-0.2, 0) is 16.1 Å². The van der Waals surface area contributed by atoms with Crippen LogP contribution in [0.2, 0.25) is 0 Å². The normalized spacial score (nSPS) is 18.1. The smallest absolute Gasteiger partial charge is 0.255 e. The van der Waals surface area contributed by atoms with Gasteiger partial charge in [0.2, 0.25) is 11.8 Å². The Labute approximate surface area is 195 Å². The quantitative estimate of drug-likeness (QED) is 0.304. The molecule has 1 unspecified atom stereocenters. The Morgan fingerprint density at radius 3 is 2.59 bits per heavy atom. The highest BCUT2D eigenvalue weighted by Gasteiger charge is 2.39. The first-order chi connectivity index (χ1) is 16.4. The van der Waals surface area contributed by atoms with Gasteiger partial charge in [-0.3, -0.25) is 24.7 Å². The number of furan rings is 1. The zero-order valence-corrected chi connectivity index (χ0v) is 18.2. The Morgan fingerprint density at radius 2 is 1.88 bits per heavy atom. The van der Waals surface area contributed by atoms with Crippen molar-refractivity contribution in [3.8, 4) is 11.1 Å².